The highest BCUT2D eigenvalue weighted by Crippen LogP contribution is 2.07. The third kappa shape index (κ3) is 8.12. The molecule has 0 aliphatic carbocycles. The fraction of sp³-hybridized carbons (Fsp3) is 0.889. The molecule has 0 saturated carbocycles. The highest BCUT2D eigenvalue weighted by molar-refractivity contribution is 7.99. The second kappa shape index (κ2) is 8.38. The fourth-order valence-electron chi connectivity index (χ4n) is 0.884. The van der Waals surface area contributed by atoms with E-state index >= 15 is 0 Å². The van der Waals surface area contributed by atoms with Gasteiger partial charge in [-0.15, -0.1) is 0 Å². The number of rotatable bonds is 7. The van der Waals surface area contributed by atoms with Gasteiger partial charge in [-0.05, 0) is 25.6 Å². The topological polar surface area (TPSA) is 55.1 Å². The molecule has 3 nitrogen and oxygen atoms in total. The Labute approximate surface area is 84.8 Å². The van der Waals surface area contributed by atoms with E-state index in [0.29, 0.717) is 18.2 Å². The zero-order chi connectivity index (χ0) is 10.1. The third-order valence-corrected chi connectivity index (χ3v) is 2.92. The van der Waals surface area contributed by atoms with Gasteiger partial charge in [0.25, 0.3) is 0 Å². The maximum atomic E-state index is 11.1. The van der Waals surface area contributed by atoms with E-state index in [1.807, 2.05) is 11.8 Å². The minimum absolute atomic E-state index is 0.124. The van der Waals surface area contributed by atoms with Crippen LogP contribution in [0.15, 0.2) is 0 Å². The van der Waals surface area contributed by atoms with Crippen LogP contribution < -0.4 is 11.1 Å². The van der Waals surface area contributed by atoms with E-state index in [2.05, 4.69) is 18.5 Å². The van der Waals surface area contributed by atoms with E-state index < -0.39 is 0 Å². The predicted octanol–water partition coefficient (Wildman–Crippen LogP) is 0.983. The van der Waals surface area contributed by atoms with Crippen LogP contribution in [0.4, 0.5) is 0 Å². The molecule has 0 aliphatic heterocycles. The van der Waals surface area contributed by atoms with E-state index in [0.717, 1.165) is 19.4 Å². The molecule has 13 heavy (non-hydrogen) atoms. The Morgan fingerprint density at radius 1 is 1.62 bits per heavy atom. The summed E-state index contributed by atoms with van der Waals surface area (Å²) < 4.78 is 0. The van der Waals surface area contributed by atoms with Gasteiger partial charge in [-0.25, -0.2) is 0 Å². The number of carbonyl (C=O) groups is 1. The highest BCUT2D eigenvalue weighted by Gasteiger charge is 2.01. The average Bonchev–Trinajstić information content (AvgIpc) is 2.14. The molecule has 0 heterocycles. The lowest BCUT2D eigenvalue weighted by atomic mass is 10.3. The molecule has 0 spiro atoms. The van der Waals surface area contributed by atoms with Crippen LogP contribution >= 0.6 is 11.8 Å². The standard InChI is InChI=1S/C9H20N2OS/c1-8(13-2)5-7-11-9(12)4-3-6-10/h8H,3-7,10H2,1-2H3,(H,11,12). The molecule has 0 saturated heterocycles. The van der Waals surface area contributed by atoms with Gasteiger partial charge in [0.2, 0.25) is 5.91 Å². The Morgan fingerprint density at radius 2 is 2.31 bits per heavy atom. The second-order valence-corrected chi connectivity index (χ2v) is 4.35. The Balaban J connectivity index is 3.26. The number of carbonyl (C=O) groups excluding carboxylic acids is 1. The Kier molecular flexibility index (Phi) is 8.24. The summed E-state index contributed by atoms with van der Waals surface area (Å²) in [6, 6.07) is 0. The smallest absolute Gasteiger partial charge is 0.220 e. The van der Waals surface area contributed by atoms with Gasteiger partial charge in [-0.1, -0.05) is 6.92 Å². The molecule has 0 aromatic carbocycles. The molecule has 0 aliphatic rings. The number of amides is 1. The molecule has 1 atom stereocenters. The first-order valence-electron chi connectivity index (χ1n) is 4.70. The largest absolute Gasteiger partial charge is 0.356 e. The van der Waals surface area contributed by atoms with Gasteiger partial charge in [0.15, 0.2) is 0 Å². The van der Waals surface area contributed by atoms with Gasteiger partial charge >= 0.3 is 0 Å². The monoisotopic (exact) mass is 204 g/mol. The highest BCUT2D eigenvalue weighted by atomic mass is 32.2. The van der Waals surface area contributed by atoms with E-state index in [-0.39, 0.29) is 5.91 Å². The molecule has 1 unspecified atom stereocenters. The van der Waals surface area contributed by atoms with Gasteiger partial charge in [0.05, 0.1) is 0 Å². The van der Waals surface area contributed by atoms with Crippen molar-refractivity contribution in [2.24, 2.45) is 5.73 Å². The minimum atomic E-state index is 0.124. The summed E-state index contributed by atoms with van der Waals surface area (Å²) in [5.41, 5.74) is 5.29. The van der Waals surface area contributed by atoms with Crippen LogP contribution in [0.25, 0.3) is 0 Å². The lowest BCUT2D eigenvalue weighted by Gasteiger charge is -2.08. The quantitative estimate of drug-likeness (QED) is 0.650. The van der Waals surface area contributed by atoms with Crippen molar-refractivity contribution in [3.8, 4) is 0 Å². The number of hydrogen-bond acceptors (Lipinski definition) is 3. The third-order valence-electron chi connectivity index (χ3n) is 1.88. The van der Waals surface area contributed by atoms with Gasteiger partial charge in [-0.3, -0.25) is 4.79 Å². The van der Waals surface area contributed by atoms with Crippen LogP contribution in [0.3, 0.4) is 0 Å². The van der Waals surface area contributed by atoms with Crippen LogP contribution in [0.5, 0.6) is 0 Å². The van der Waals surface area contributed by atoms with Gasteiger partial charge in [-0.2, -0.15) is 11.8 Å². The second-order valence-electron chi connectivity index (χ2n) is 3.08. The normalized spacial score (nSPS) is 12.5. The van der Waals surface area contributed by atoms with Crippen LogP contribution in [0.2, 0.25) is 0 Å². The lowest BCUT2D eigenvalue weighted by Crippen LogP contribution is -2.26. The van der Waals surface area contributed by atoms with Crippen LogP contribution in [-0.4, -0.2) is 30.5 Å². The molecule has 0 aromatic rings. The number of nitrogens with two attached hydrogens (primary N) is 1. The summed E-state index contributed by atoms with van der Waals surface area (Å²) in [6.45, 7) is 3.54. The molecule has 78 valence electrons. The van der Waals surface area contributed by atoms with Gasteiger partial charge in [0, 0.05) is 18.2 Å². The van der Waals surface area contributed by atoms with Crippen molar-refractivity contribution in [3.63, 3.8) is 0 Å². The molecule has 0 rings (SSSR count). The number of nitrogens with one attached hydrogen (secondary N) is 1. The number of thioether (sulfide) groups is 1. The van der Waals surface area contributed by atoms with Crippen molar-refractivity contribution >= 4 is 17.7 Å². The Hall–Kier alpha value is -0.220. The Morgan fingerprint density at radius 3 is 2.85 bits per heavy atom. The molecule has 0 bridgehead atoms. The SMILES string of the molecule is CSC(C)CCNC(=O)CCCN. The molecule has 0 fully saturated rings. The maximum absolute atomic E-state index is 11.1. The lowest BCUT2D eigenvalue weighted by molar-refractivity contribution is -0.121. The van der Waals surface area contributed by atoms with Crippen molar-refractivity contribution < 1.29 is 4.79 Å². The molecule has 1 amide bonds. The molecule has 0 aromatic heterocycles. The zero-order valence-electron chi connectivity index (χ0n) is 8.51. The van der Waals surface area contributed by atoms with E-state index in [1.165, 1.54) is 0 Å². The van der Waals surface area contributed by atoms with Crippen LogP contribution in [0, 0.1) is 0 Å². The van der Waals surface area contributed by atoms with Gasteiger partial charge in [0.1, 0.15) is 0 Å². The molecular formula is C9H20N2OS. The molecule has 4 heteroatoms. The van der Waals surface area contributed by atoms with E-state index in [9.17, 15) is 4.79 Å². The zero-order valence-corrected chi connectivity index (χ0v) is 9.32. The predicted molar refractivity (Wildman–Crippen MR) is 58.9 cm³/mol. The van der Waals surface area contributed by atoms with Crippen molar-refractivity contribution in [2.75, 3.05) is 19.3 Å². The maximum Gasteiger partial charge on any atom is 0.220 e. The fourth-order valence-corrected chi connectivity index (χ4v) is 1.24. The first-order valence-corrected chi connectivity index (χ1v) is 5.99. The summed E-state index contributed by atoms with van der Waals surface area (Å²) in [7, 11) is 0. The molecule has 0 radical (unpaired) electrons. The summed E-state index contributed by atoms with van der Waals surface area (Å²) in [5.74, 6) is 0.124. The minimum Gasteiger partial charge on any atom is -0.356 e. The molecule has 3 N–H and O–H groups in total. The first-order chi connectivity index (χ1) is 6.20. The van der Waals surface area contributed by atoms with Crippen molar-refractivity contribution in [1.29, 1.82) is 0 Å². The van der Waals surface area contributed by atoms with Crippen molar-refractivity contribution in [3.05, 3.63) is 0 Å². The summed E-state index contributed by atoms with van der Waals surface area (Å²) in [5, 5.41) is 3.50. The van der Waals surface area contributed by atoms with E-state index in [4.69, 9.17) is 5.73 Å². The average molecular weight is 204 g/mol. The van der Waals surface area contributed by atoms with Crippen LogP contribution in [-0.2, 0) is 4.79 Å². The number of hydrogen-bond donors (Lipinski definition) is 2. The first kappa shape index (κ1) is 12.8. The van der Waals surface area contributed by atoms with Crippen molar-refractivity contribution in [2.45, 2.75) is 31.4 Å². The van der Waals surface area contributed by atoms with E-state index in [1.54, 1.807) is 0 Å². The summed E-state index contributed by atoms with van der Waals surface area (Å²) in [6.07, 6.45) is 4.46. The van der Waals surface area contributed by atoms with Gasteiger partial charge < -0.3 is 11.1 Å². The Bertz CT molecular complexity index is 142. The summed E-state index contributed by atoms with van der Waals surface area (Å²) in [4.78, 5) is 11.1. The molecular weight excluding hydrogens is 184 g/mol. The van der Waals surface area contributed by atoms with Crippen LogP contribution in [0.1, 0.15) is 26.2 Å². The summed E-state index contributed by atoms with van der Waals surface area (Å²) >= 11 is 1.82. The van der Waals surface area contributed by atoms with Crippen molar-refractivity contribution in [1.82, 2.24) is 5.32 Å².